The maximum Gasteiger partial charge on any atom is 0.0521 e. The lowest BCUT2D eigenvalue weighted by Crippen LogP contribution is -2.35. The summed E-state index contributed by atoms with van der Waals surface area (Å²) in [4.78, 5) is 2.67. The molecule has 0 radical (unpaired) electrons. The van der Waals surface area contributed by atoms with E-state index >= 15 is 0 Å². The Labute approximate surface area is 130 Å². The van der Waals surface area contributed by atoms with Crippen LogP contribution in [0.4, 0.5) is 0 Å². The molecule has 0 saturated carbocycles. The number of unbranched alkanes of at least 4 members (excludes halogenated alkanes) is 4. The predicted molar refractivity (Wildman–Crippen MR) is 89.5 cm³/mol. The fourth-order valence-electron chi connectivity index (χ4n) is 3.28. The number of hydrogen-bond donors (Lipinski definition) is 0. The van der Waals surface area contributed by atoms with Gasteiger partial charge in [0.15, 0.2) is 0 Å². The van der Waals surface area contributed by atoms with E-state index in [0.717, 1.165) is 18.9 Å². The maximum atomic E-state index is 4.48. The number of piperidine rings is 1. The molecule has 1 aliphatic heterocycles. The minimum Gasteiger partial charge on any atom is -0.303 e. The first-order valence-electron chi connectivity index (χ1n) is 9.05. The maximum absolute atomic E-state index is 4.48. The standard InChI is InChI=1S/C18H33N3/c1-3-5-6-7-8-11-20-12-9-18(10-13-20)16-21-15-17(4-2)14-19-21/h14-15,18H,3-13,16H2,1-2H3. The van der Waals surface area contributed by atoms with Crippen molar-refractivity contribution in [2.24, 2.45) is 5.92 Å². The molecule has 120 valence electrons. The number of likely N-dealkylation sites (tertiary alicyclic amines) is 1. The van der Waals surface area contributed by atoms with Crippen molar-refractivity contribution in [2.45, 2.75) is 71.8 Å². The second-order valence-electron chi connectivity index (χ2n) is 6.62. The number of rotatable bonds is 9. The van der Waals surface area contributed by atoms with Gasteiger partial charge < -0.3 is 4.90 Å². The minimum absolute atomic E-state index is 0.825. The second kappa shape index (κ2) is 9.24. The zero-order valence-electron chi connectivity index (χ0n) is 14.1. The summed E-state index contributed by atoms with van der Waals surface area (Å²) in [7, 11) is 0. The van der Waals surface area contributed by atoms with Crippen molar-refractivity contribution in [2.75, 3.05) is 19.6 Å². The third-order valence-corrected chi connectivity index (χ3v) is 4.83. The summed E-state index contributed by atoms with van der Waals surface area (Å²) < 4.78 is 2.16. The van der Waals surface area contributed by atoms with E-state index in [-0.39, 0.29) is 0 Å². The lowest BCUT2D eigenvalue weighted by Gasteiger charge is -2.31. The molecule has 3 nitrogen and oxygen atoms in total. The highest BCUT2D eigenvalue weighted by atomic mass is 15.3. The van der Waals surface area contributed by atoms with Crippen LogP contribution in [0, 0.1) is 5.92 Å². The van der Waals surface area contributed by atoms with Gasteiger partial charge in [0.2, 0.25) is 0 Å². The first-order valence-corrected chi connectivity index (χ1v) is 9.05. The van der Waals surface area contributed by atoms with Crippen LogP contribution in [0.1, 0.15) is 64.4 Å². The average molecular weight is 291 g/mol. The first-order chi connectivity index (χ1) is 10.3. The van der Waals surface area contributed by atoms with Gasteiger partial charge in [-0.25, -0.2) is 0 Å². The Hall–Kier alpha value is -0.830. The summed E-state index contributed by atoms with van der Waals surface area (Å²) >= 11 is 0. The van der Waals surface area contributed by atoms with E-state index in [0.29, 0.717) is 0 Å². The fourth-order valence-corrected chi connectivity index (χ4v) is 3.28. The van der Waals surface area contributed by atoms with Gasteiger partial charge >= 0.3 is 0 Å². The van der Waals surface area contributed by atoms with Crippen molar-refractivity contribution in [1.82, 2.24) is 14.7 Å². The van der Waals surface area contributed by atoms with Crippen LogP contribution in [0.2, 0.25) is 0 Å². The molecule has 0 unspecified atom stereocenters. The number of nitrogens with zero attached hydrogens (tertiary/aromatic N) is 3. The number of hydrogen-bond acceptors (Lipinski definition) is 2. The van der Waals surface area contributed by atoms with Crippen molar-refractivity contribution >= 4 is 0 Å². The zero-order valence-corrected chi connectivity index (χ0v) is 14.1. The Morgan fingerprint density at radius 2 is 1.86 bits per heavy atom. The molecule has 21 heavy (non-hydrogen) atoms. The quantitative estimate of drug-likeness (QED) is 0.638. The van der Waals surface area contributed by atoms with Crippen LogP contribution in [0.25, 0.3) is 0 Å². The smallest absolute Gasteiger partial charge is 0.0521 e. The molecule has 1 fully saturated rings. The van der Waals surface area contributed by atoms with Crippen molar-refractivity contribution < 1.29 is 0 Å². The molecule has 1 saturated heterocycles. The molecule has 2 rings (SSSR count). The van der Waals surface area contributed by atoms with Gasteiger partial charge in [-0.15, -0.1) is 0 Å². The lowest BCUT2D eigenvalue weighted by atomic mass is 9.96. The molecule has 0 spiro atoms. The summed E-state index contributed by atoms with van der Waals surface area (Å²) in [6.45, 7) is 9.50. The fraction of sp³-hybridized carbons (Fsp3) is 0.833. The molecule has 1 aromatic heterocycles. The van der Waals surface area contributed by atoms with E-state index in [4.69, 9.17) is 0 Å². The van der Waals surface area contributed by atoms with Gasteiger partial charge in [-0.05, 0) is 56.8 Å². The van der Waals surface area contributed by atoms with Gasteiger partial charge in [0.05, 0.1) is 6.20 Å². The topological polar surface area (TPSA) is 21.1 Å². The van der Waals surface area contributed by atoms with Gasteiger partial charge in [0, 0.05) is 12.7 Å². The molecule has 0 bridgehead atoms. The normalized spacial score (nSPS) is 17.4. The first kappa shape index (κ1) is 16.5. The molecular weight excluding hydrogens is 258 g/mol. The monoisotopic (exact) mass is 291 g/mol. The summed E-state index contributed by atoms with van der Waals surface area (Å²) in [6, 6.07) is 0. The van der Waals surface area contributed by atoms with Gasteiger partial charge in [-0.1, -0.05) is 39.5 Å². The van der Waals surface area contributed by atoms with E-state index in [2.05, 4.69) is 34.7 Å². The van der Waals surface area contributed by atoms with Crippen LogP contribution in [-0.4, -0.2) is 34.3 Å². The number of aryl methyl sites for hydroxylation is 1. The number of aromatic nitrogens is 2. The molecule has 1 aliphatic rings. The van der Waals surface area contributed by atoms with E-state index in [1.165, 1.54) is 70.1 Å². The third kappa shape index (κ3) is 5.82. The molecule has 0 amide bonds. The Balaban J connectivity index is 1.59. The molecule has 0 N–H and O–H groups in total. The molecule has 0 aliphatic carbocycles. The van der Waals surface area contributed by atoms with Crippen LogP contribution in [0.3, 0.4) is 0 Å². The molecule has 0 aromatic carbocycles. The van der Waals surface area contributed by atoms with Crippen LogP contribution >= 0.6 is 0 Å². The predicted octanol–water partition coefficient (Wildman–Crippen LogP) is 4.13. The van der Waals surface area contributed by atoms with Crippen molar-refractivity contribution in [3.63, 3.8) is 0 Å². The highest BCUT2D eigenvalue weighted by Crippen LogP contribution is 2.19. The van der Waals surface area contributed by atoms with Crippen LogP contribution in [0.5, 0.6) is 0 Å². The molecular formula is C18H33N3. The van der Waals surface area contributed by atoms with Crippen molar-refractivity contribution in [3.8, 4) is 0 Å². The highest BCUT2D eigenvalue weighted by Gasteiger charge is 2.19. The minimum atomic E-state index is 0.825. The summed E-state index contributed by atoms with van der Waals surface area (Å²) in [5, 5.41) is 4.48. The Morgan fingerprint density at radius 3 is 2.52 bits per heavy atom. The van der Waals surface area contributed by atoms with Gasteiger partial charge in [-0.2, -0.15) is 5.10 Å². The van der Waals surface area contributed by atoms with E-state index < -0.39 is 0 Å². The second-order valence-corrected chi connectivity index (χ2v) is 6.62. The van der Waals surface area contributed by atoms with Crippen molar-refractivity contribution in [1.29, 1.82) is 0 Å². The highest BCUT2D eigenvalue weighted by molar-refractivity contribution is 5.02. The lowest BCUT2D eigenvalue weighted by molar-refractivity contribution is 0.168. The Bertz CT molecular complexity index is 378. The van der Waals surface area contributed by atoms with Gasteiger partial charge in [-0.3, -0.25) is 4.68 Å². The van der Waals surface area contributed by atoms with Crippen LogP contribution < -0.4 is 0 Å². The van der Waals surface area contributed by atoms with E-state index in [1.54, 1.807) is 0 Å². The van der Waals surface area contributed by atoms with Crippen LogP contribution in [0.15, 0.2) is 12.4 Å². The van der Waals surface area contributed by atoms with E-state index in [9.17, 15) is 0 Å². The van der Waals surface area contributed by atoms with Gasteiger partial charge in [0.25, 0.3) is 0 Å². The SMILES string of the molecule is CCCCCCCN1CCC(Cn2cc(CC)cn2)CC1. The molecule has 3 heteroatoms. The summed E-state index contributed by atoms with van der Waals surface area (Å²) in [6.07, 6.45) is 15.0. The summed E-state index contributed by atoms with van der Waals surface area (Å²) in [5.41, 5.74) is 1.36. The van der Waals surface area contributed by atoms with Gasteiger partial charge in [0.1, 0.15) is 0 Å². The molecule has 2 heterocycles. The Kier molecular flexibility index (Phi) is 7.28. The van der Waals surface area contributed by atoms with E-state index in [1.807, 2.05) is 6.20 Å². The van der Waals surface area contributed by atoms with Crippen LogP contribution in [-0.2, 0) is 13.0 Å². The molecule has 1 aromatic rings. The Morgan fingerprint density at radius 1 is 1.10 bits per heavy atom. The van der Waals surface area contributed by atoms with Crippen molar-refractivity contribution in [3.05, 3.63) is 18.0 Å². The third-order valence-electron chi connectivity index (χ3n) is 4.83. The summed E-state index contributed by atoms with van der Waals surface area (Å²) in [5.74, 6) is 0.825. The zero-order chi connectivity index (χ0) is 14.9. The average Bonchev–Trinajstić information content (AvgIpc) is 2.96. The molecule has 0 atom stereocenters. The largest absolute Gasteiger partial charge is 0.303 e.